The monoisotopic (exact) mass is 386 g/mol. The lowest BCUT2D eigenvalue weighted by Gasteiger charge is -2.50. The summed E-state index contributed by atoms with van der Waals surface area (Å²) in [6.07, 6.45) is -0.985. The van der Waals surface area contributed by atoms with Crippen molar-refractivity contribution in [3.05, 3.63) is 29.8 Å². The van der Waals surface area contributed by atoms with Gasteiger partial charge in [-0.1, -0.05) is 19.1 Å². The Morgan fingerprint density at radius 3 is 2.56 bits per heavy atom. The quantitative estimate of drug-likeness (QED) is 0.473. The van der Waals surface area contributed by atoms with Crippen LogP contribution in [0.1, 0.15) is 17.3 Å². The normalized spacial score (nSPS) is 34.2. The van der Waals surface area contributed by atoms with Crippen LogP contribution in [0.3, 0.4) is 0 Å². The second-order valence-electron chi connectivity index (χ2n) is 6.26. The molecule has 25 heavy (non-hydrogen) atoms. The molecule has 0 spiro atoms. The topological polar surface area (TPSA) is 89.9 Å². The minimum atomic E-state index is -2.34. The van der Waals surface area contributed by atoms with Gasteiger partial charge in [0, 0.05) is 0 Å². The number of ether oxygens (including phenoxy) is 2. The van der Waals surface area contributed by atoms with Crippen molar-refractivity contribution in [2.45, 2.75) is 23.5 Å². The van der Waals surface area contributed by atoms with Crippen molar-refractivity contribution in [3.63, 3.8) is 0 Å². The van der Waals surface area contributed by atoms with Crippen LogP contribution in [0.15, 0.2) is 24.3 Å². The maximum absolute atomic E-state index is 13.1. The number of hydrogen-bond donors (Lipinski definition) is 1. The third-order valence-corrected chi connectivity index (χ3v) is 5.70. The number of fused-ring (bicyclic) bond motifs is 2. The number of carbonyl (C=O) groups excluding carboxylic acids is 3. The molecule has 0 radical (unpaired) electrons. The van der Waals surface area contributed by atoms with E-state index in [1.807, 2.05) is 0 Å². The first kappa shape index (κ1) is 18.2. The first-order chi connectivity index (χ1) is 11.7. The number of para-hydroxylation sites is 1. The number of alkyl halides is 2. The minimum Gasteiger partial charge on any atom is -0.488 e. The summed E-state index contributed by atoms with van der Waals surface area (Å²) in [7, 11) is 1.08. The van der Waals surface area contributed by atoms with Gasteiger partial charge < -0.3 is 14.6 Å². The molecule has 1 unspecified atom stereocenters. The summed E-state index contributed by atoms with van der Waals surface area (Å²) in [5.41, 5.74) is -2.10. The van der Waals surface area contributed by atoms with Crippen LogP contribution in [-0.2, 0) is 14.3 Å². The molecular weight excluding hydrogens is 371 g/mol. The van der Waals surface area contributed by atoms with Crippen LogP contribution < -0.4 is 4.74 Å². The van der Waals surface area contributed by atoms with Gasteiger partial charge in [0.2, 0.25) is 0 Å². The predicted octanol–water partition coefficient (Wildman–Crippen LogP) is 1.79. The summed E-state index contributed by atoms with van der Waals surface area (Å²) < 4.78 is 10.5. The number of halogens is 2. The summed E-state index contributed by atoms with van der Waals surface area (Å²) in [6, 6.07) is 6.48. The van der Waals surface area contributed by atoms with E-state index in [-0.39, 0.29) is 5.56 Å². The van der Waals surface area contributed by atoms with E-state index in [0.29, 0.717) is 5.75 Å². The number of esters is 1. The summed E-state index contributed by atoms with van der Waals surface area (Å²) in [5, 5.41) is 11.2. The lowest BCUT2D eigenvalue weighted by atomic mass is 9.60. The Bertz CT molecular complexity index is 748. The van der Waals surface area contributed by atoms with Gasteiger partial charge >= 0.3 is 5.97 Å². The van der Waals surface area contributed by atoms with Crippen molar-refractivity contribution in [1.82, 2.24) is 0 Å². The fraction of sp³-hybridized carbons (Fsp3) is 0.471. The highest BCUT2D eigenvalue weighted by Crippen LogP contribution is 2.50. The van der Waals surface area contributed by atoms with E-state index in [1.165, 1.54) is 6.92 Å². The van der Waals surface area contributed by atoms with Gasteiger partial charge in [-0.05, 0) is 12.1 Å². The SMILES string of the molecule is COC(=O)C1C(=O)[C@@H](C)[C@@H]2Oc3ccccc3C(=O)[C@H]2[C@]1(O)C(Cl)Cl. The van der Waals surface area contributed by atoms with Gasteiger partial charge in [-0.3, -0.25) is 14.4 Å². The van der Waals surface area contributed by atoms with Gasteiger partial charge in [-0.2, -0.15) is 0 Å². The Morgan fingerprint density at radius 2 is 1.96 bits per heavy atom. The maximum atomic E-state index is 13.1. The van der Waals surface area contributed by atoms with Crippen molar-refractivity contribution in [2.75, 3.05) is 7.11 Å². The molecule has 0 saturated heterocycles. The Hall–Kier alpha value is -1.63. The largest absolute Gasteiger partial charge is 0.488 e. The van der Waals surface area contributed by atoms with Crippen LogP contribution in [0.2, 0.25) is 0 Å². The lowest BCUT2D eigenvalue weighted by Crippen LogP contribution is -2.69. The molecule has 8 heteroatoms. The second-order valence-corrected chi connectivity index (χ2v) is 7.35. The molecule has 134 valence electrons. The van der Waals surface area contributed by atoms with Gasteiger partial charge in [0.1, 0.15) is 28.2 Å². The number of carbonyl (C=O) groups is 3. The number of aliphatic hydroxyl groups is 1. The summed E-state index contributed by atoms with van der Waals surface area (Å²) in [4.78, 5) is 36.4. The summed E-state index contributed by atoms with van der Waals surface area (Å²) in [6.45, 7) is 1.54. The first-order valence-corrected chi connectivity index (χ1v) is 8.54. The molecule has 1 fully saturated rings. The van der Waals surface area contributed by atoms with Crippen molar-refractivity contribution in [1.29, 1.82) is 0 Å². The molecule has 2 aliphatic rings. The highest BCUT2D eigenvalue weighted by molar-refractivity contribution is 6.45. The highest BCUT2D eigenvalue weighted by Gasteiger charge is 2.67. The van der Waals surface area contributed by atoms with E-state index in [1.54, 1.807) is 24.3 Å². The average molecular weight is 387 g/mol. The van der Waals surface area contributed by atoms with Crippen LogP contribution in [-0.4, -0.2) is 46.3 Å². The highest BCUT2D eigenvalue weighted by atomic mass is 35.5. The fourth-order valence-electron chi connectivity index (χ4n) is 3.68. The Balaban J connectivity index is 2.21. The number of ketones is 2. The molecule has 0 bridgehead atoms. The number of hydrogen-bond acceptors (Lipinski definition) is 6. The van der Waals surface area contributed by atoms with E-state index in [4.69, 9.17) is 27.9 Å². The van der Waals surface area contributed by atoms with E-state index in [9.17, 15) is 19.5 Å². The van der Waals surface area contributed by atoms with E-state index >= 15 is 0 Å². The van der Waals surface area contributed by atoms with Gasteiger partial charge in [0.05, 0.1) is 24.5 Å². The first-order valence-electron chi connectivity index (χ1n) is 7.67. The molecule has 1 aromatic rings. The van der Waals surface area contributed by atoms with Crippen LogP contribution in [0.4, 0.5) is 0 Å². The molecule has 1 aliphatic carbocycles. The van der Waals surface area contributed by atoms with Crippen LogP contribution >= 0.6 is 23.2 Å². The molecule has 3 rings (SSSR count). The molecule has 1 N–H and O–H groups in total. The average Bonchev–Trinajstić information content (AvgIpc) is 2.59. The van der Waals surface area contributed by atoms with Gasteiger partial charge in [-0.15, -0.1) is 23.2 Å². The molecule has 6 nitrogen and oxygen atoms in total. The molecule has 1 aromatic carbocycles. The number of methoxy groups -OCH3 is 1. The molecule has 0 aromatic heterocycles. The van der Waals surface area contributed by atoms with E-state index in [2.05, 4.69) is 4.74 Å². The zero-order chi connectivity index (χ0) is 18.5. The number of benzene rings is 1. The Labute approximate surface area is 154 Å². The smallest absolute Gasteiger partial charge is 0.319 e. The standard InChI is InChI=1S/C17H16Cl2O6/c1-7-12(20)11(15(22)24-2)17(23,16(18)19)10-13(21)8-5-3-4-6-9(8)25-14(7)10/h3-7,10-11,14,16,23H,1-2H3/t7-,10-,11?,14+,17-/m1/s1. The maximum Gasteiger partial charge on any atom is 0.319 e. The molecular formula is C17H16Cl2O6. The molecule has 1 aliphatic heterocycles. The van der Waals surface area contributed by atoms with E-state index in [0.717, 1.165) is 7.11 Å². The van der Waals surface area contributed by atoms with Crippen molar-refractivity contribution in [2.24, 2.45) is 17.8 Å². The lowest BCUT2D eigenvalue weighted by molar-refractivity contribution is -0.179. The molecule has 0 amide bonds. The zero-order valence-electron chi connectivity index (χ0n) is 13.4. The second kappa shape index (κ2) is 6.27. The van der Waals surface area contributed by atoms with Crippen molar-refractivity contribution < 1.29 is 29.0 Å². The van der Waals surface area contributed by atoms with Gasteiger partial charge in [0.15, 0.2) is 11.6 Å². The molecule has 5 atom stereocenters. The third kappa shape index (κ3) is 2.46. The predicted molar refractivity (Wildman–Crippen MR) is 88.8 cm³/mol. The van der Waals surface area contributed by atoms with E-state index < -0.39 is 51.8 Å². The summed E-state index contributed by atoms with van der Waals surface area (Å²) >= 11 is 11.9. The van der Waals surface area contributed by atoms with Crippen LogP contribution in [0.5, 0.6) is 5.75 Å². The Morgan fingerprint density at radius 1 is 1.32 bits per heavy atom. The third-order valence-electron chi connectivity index (χ3n) is 5.00. The van der Waals surface area contributed by atoms with Gasteiger partial charge in [-0.25, -0.2) is 0 Å². The number of rotatable bonds is 2. The van der Waals surface area contributed by atoms with Gasteiger partial charge in [0.25, 0.3) is 0 Å². The number of Topliss-reactive ketones (excluding diaryl/α,β-unsaturated/α-hetero) is 2. The Kier molecular flexibility index (Phi) is 4.56. The van der Waals surface area contributed by atoms with Crippen molar-refractivity contribution >= 4 is 40.7 Å². The molecule has 1 saturated carbocycles. The molecule has 1 heterocycles. The fourth-order valence-corrected chi connectivity index (χ4v) is 4.21. The zero-order valence-corrected chi connectivity index (χ0v) is 15.0. The van der Waals surface area contributed by atoms with Crippen LogP contribution in [0, 0.1) is 17.8 Å². The van der Waals surface area contributed by atoms with Crippen molar-refractivity contribution in [3.8, 4) is 5.75 Å². The van der Waals surface area contributed by atoms with Crippen LogP contribution in [0.25, 0.3) is 0 Å². The minimum absolute atomic E-state index is 0.237. The summed E-state index contributed by atoms with van der Waals surface area (Å²) in [5.74, 6) is -5.57.